The van der Waals surface area contributed by atoms with Crippen molar-refractivity contribution < 1.29 is 14.4 Å². The van der Waals surface area contributed by atoms with Gasteiger partial charge in [-0.2, -0.15) is 0 Å². The summed E-state index contributed by atoms with van der Waals surface area (Å²) in [5.74, 6) is -0.413. The lowest BCUT2D eigenvalue weighted by molar-refractivity contribution is -0.165. The molecule has 0 fully saturated rings. The monoisotopic (exact) mass is 378 g/mol. The lowest BCUT2D eigenvalue weighted by Gasteiger charge is -2.12. The maximum absolute atomic E-state index is 12.7. The minimum Gasteiger partial charge on any atom is -0.319 e. The first-order valence-electron chi connectivity index (χ1n) is 7.89. The fourth-order valence-corrected chi connectivity index (χ4v) is 3.03. The summed E-state index contributed by atoms with van der Waals surface area (Å²) >= 11 is 1.15. The van der Waals surface area contributed by atoms with E-state index in [1.165, 1.54) is 18.8 Å². The summed E-state index contributed by atoms with van der Waals surface area (Å²) in [5, 5.41) is 3.76. The molecule has 1 aromatic carbocycles. The topological polar surface area (TPSA) is 85.6 Å². The van der Waals surface area contributed by atoms with E-state index in [-0.39, 0.29) is 34.6 Å². The van der Waals surface area contributed by atoms with Crippen molar-refractivity contribution >= 4 is 29.3 Å². The summed E-state index contributed by atoms with van der Waals surface area (Å²) < 4.78 is 3.19. The number of nitrogens with one attached hydrogen (secondary N) is 1. The Hall–Kier alpha value is -2.52. The van der Waals surface area contributed by atoms with Gasteiger partial charge in [-0.3, -0.25) is 23.9 Å². The number of amides is 2. The van der Waals surface area contributed by atoms with Crippen LogP contribution in [0, 0.1) is 6.92 Å². The van der Waals surface area contributed by atoms with Crippen LogP contribution in [-0.2, 0) is 21.5 Å². The number of aromatic nitrogens is 2. The smallest absolute Gasteiger partial charge is 0.295 e. The molecule has 8 nitrogen and oxygen atoms in total. The van der Waals surface area contributed by atoms with Crippen LogP contribution in [0.25, 0.3) is 5.69 Å². The lowest BCUT2D eigenvalue weighted by atomic mass is 10.3. The zero-order valence-corrected chi connectivity index (χ0v) is 16.0. The highest BCUT2D eigenvalue weighted by Gasteiger charge is 2.18. The SMILES string of the molecule is CON(C)C(=O)CSCC(=O)Nc1c(C)n(C)n(-c2ccccc2)c1=O. The van der Waals surface area contributed by atoms with E-state index in [4.69, 9.17) is 4.84 Å². The number of hydrogen-bond acceptors (Lipinski definition) is 5. The molecular weight excluding hydrogens is 356 g/mol. The summed E-state index contributed by atoms with van der Waals surface area (Å²) in [4.78, 5) is 41.2. The molecule has 2 aromatic rings. The minimum absolute atomic E-state index is 0.0579. The number of anilines is 1. The third kappa shape index (κ3) is 4.36. The van der Waals surface area contributed by atoms with E-state index in [1.54, 1.807) is 18.7 Å². The maximum atomic E-state index is 12.7. The Morgan fingerprint density at radius 2 is 1.88 bits per heavy atom. The number of nitrogens with zero attached hydrogens (tertiary/aromatic N) is 3. The third-order valence-electron chi connectivity index (χ3n) is 3.90. The van der Waals surface area contributed by atoms with Gasteiger partial charge in [0.05, 0.1) is 30.0 Å². The first-order valence-corrected chi connectivity index (χ1v) is 9.04. The van der Waals surface area contributed by atoms with Gasteiger partial charge in [-0.25, -0.2) is 9.75 Å². The fraction of sp³-hybridized carbons (Fsp3) is 0.353. The van der Waals surface area contributed by atoms with Crippen molar-refractivity contribution in [1.29, 1.82) is 0 Å². The van der Waals surface area contributed by atoms with Crippen LogP contribution in [0.5, 0.6) is 0 Å². The van der Waals surface area contributed by atoms with Gasteiger partial charge in [-0.05, 0) is 19.1 Å². The van der Waals surface area contributed by atoms with Gasteiger partial charge in [0.15, 0.2) is 0 Å². The van der Waals surface area contributed by atoms with Crippen molar-refractivity contribution in [2.45, 2.75) is 6.92 Å². The van der Waals surface area contributed by atoms with Gasteiger partial charge in [-0.1, -0.05) is 18.2 Å². The second-order valence-corrected chi connectivity index (χ2v) is 6.54. The van der Waals surface area contributed by atoms with Gasteiger partial charge >= 0.3 is 0 Å². The van der Waals surface area contributed by atoms with Gasteiger partial charge < -0.3 is 5.32 Å². The van der Waals surface area contributed by atoms with Gasteiger partial charge in [0.25, 0.3) is 11.5 Å². The molecular formula is C17H22N4O4S. The summed E-state index contributed by atoms with van der Waals surface area (Å²) in [7, 11) is 4.65. The molecule has 0 radical (unpaired) electrons. The molecule has 0 atom stereocenters. The molecule has 0 aliphatic rings. The van der Waals surface area contributed by atoms with Crippen LogP contribution in [-0.4, -0.2) is 51.9 Å². The van der Waals surface area contributed by atoms with Crippen LogP contribution in [0.3, 0.4) is 0 Å². The van der Waals surface area contributed by atoms with E-state index in [9.17, 15) is 14.4 Å². The molecule has 1 heterocycles. The summed E-state index contributed by atoms with van der Waals surface area (Å²) in [6.07, 6.45) is 0. The van der Waals surface area contributed by atoms with Crippen LogP contribution >= 0.6 is 11.8 Å². The van der Waals surface area contributed by atoms with Gasteiger partial charge in [0.1, 0.15) is 5.69 Å². The average molecular weight is 378 g/mol. The highest BCUT2D eigenvalue weighted by atomic mass is 32.2. The van der Waals surface area contributed by atoms with E-state index < -0.39 is 0 Å². The number of benzene rings is 1. The van der Waals surface area contributed by atoms with Crippen LogP contribution in [0.2, 0.25) is 0 Å². The molecule has 1 N–H and O–H groups in total. The van der Waals surface area contributed by atoms with Crippen molar-refractivity contribution in [2.24, 2.45) is 7.05 Å². The van der Waals surface area contributed by atoms with Gasteiger partial charge in [0, 0.05) is 14.1 Å². The quantitative estimate of drug-likeness (QED) is 0.731. The molecule has 0 aliphatic carbocycles. The number of para-hydroxylation sites is 1. The molecule has 26 heavy (non-hydrogen) atoms. The number of carbonyl (C=O) groups is 2. The Morgan fingerprint density at radius 3 is 2.50 bits per heavy atom. The van der Waals surface area contributed by atoms with E-state index in [0.717, 1.165) is 16.8 Å². The number of hydroxylamine groups is 2. The van der Waals surface area contributed by atoms with Crippen LogP contribution < -0.4 is 10.9 Å². The molecule has 0 unspecified atom stereocenters. The maximum Gasteiger partial charge on any atom is 0.295 e. The molecule has 140 valence electrons. The number of rotatable bonds is 7. The second kappa shape index (κ2) is 8.72. The first kappa shape index (κ1) is 19.8. The predicted molar refractivity (Wildman–Crippen MR) is 101 cm³/mol. The minimum atomic E-state index is -0.339. The summed E-state index contributed by atoms with van der Waals surface area (Å²) in [6, 6.07) is 9.19. The molecule has 9 heteroatoms. The zero-order valence-electron chi connectivity index (χ0n) is 15.2. The van der Waals surface area contributed by atoms with E-state index in [0.29, 0.717) is 11.4 Å². The predicted octanol–water partition coefficient (Wildman–Crippen LogP) is 1.18. The Morgan fingerprint density at radius 1 is 1.23 bits per heavy atom. The van der Waals surface area contributed by atoms with Crippen molar-refractivity contribution in [3.63, 3.8) is 0 Å². The Balaban J connectivity index is 2.07. The Labute approximate surface area is 155 Å². The molecule has 1 aromatic heterocycles. The normalized spacial score (nSPS) is 10.6. The van der Waals surface area contributed by atoms with Crippen LogP contribution in [0.1, 0.15) is 5.69 Å². The van der Waals surface area contributed by atoms with Crippen molar-refractivity contribution in [1.82, 2.24) is 14.4 Å². The van der Waals surface area contributed by atoms with E-state index in [2.05, 4.69) is 5.32 Å². The van der Waals surface area contributed by atoms with Crippen LogP contribution in [0.4, 0.5) is 5.69 Å². The molecule has 0 saturated heterocycles. The lowest BCUT2D eigenvalue weighted by Crippen LogP contribution is -2.28. The molecule has 0 bridgehead atoms. The average Bonchev–Trinajstić information content (AvgIpc) is 2.85. The third-order valence-corrected chi connectivity index (χ3v) is 4.82. The fourth-order valence-electron chi connectivity index (χ4n) is 2.31. The van der Waals surface area contributed by atoms with Gasteiger partial charge in [-0.15, -0.1) is 11.8 Å². The van der Waals surface area contributed by atoms with Gasteiger partial charge in [0.2, 0.25) is 5.91 Å². The summed E-state index contributed by atoms with van der Waals surface area (Å²) in [5.41, 5.74) is 1.30. The first-order chi connectivity index (χ1) is 12.4. The number of hydrogen-bond donors (Lipinski definition) is 1. The van der Waals surface area contributed by atoms with E-state index >= 15 is 0 Å². The highest BCUT2D eigenvalue weighted by molar-refractivity contribution is 8.00. The highest BCUT2D eigenvalue weighted by Crippen LogP contribution is 2.14. The van der Waals surface area contributed by atoms with Crippen molar-refractivity contribution in [2.75, 3.05) is 31.0 Å². The molecule has 0 spiro atoms. The Kier molecular flexibility index (Phi) is 6.64. The standard InChI is InChI=1S/C17H22N4O4S/c1-12-16(18-14(22)10-26-11-15(23)20(3)25-4)17(24)21(19(12)2)13-8-6-5-7-9-13/h5-9H,10-11H2,1-4H3,(H,18,22). The van der Waals surface area contributed by atoms with E-state index in [1.807, 2.05) is 30.3 Å². The molecule has 0 aliphatic heterocycles. The molecule has 0 saturated carbocycles. The number of carbonyl (C=O) groups excluding carboxylic acids is 2. The Bertz CT molecular complexity index is 844. The molecule has 2 amide bonds. The molecule has 2 rings (SSSR count). The summed E-state index contributed by atoms with van der Waals surface area (Å²) in [6.45, 7) is 1.76. The largest absolute Gasteiger partial charge is 0.319 e. The van der Waals surface area contributed by atoms with Crippen molar-refractivity contribution in [3.8, 4) is 5.69 Å². The zero-order chi connectivity index (χ0) is 19.3. The van der Waals surface area contributed by atoms with Crippen LogP contribution in [0.15, 0.2) is 35.1 Å². The van der Waals surface area contributed by atoms with Crippen molar-refractivity contribution in [3.05, 3.63) is 46.4 Å². The number of thioether (sulfide) groups is 1. The second-order valence-electron chi connectivity index (χ2n) is 5.55.